The van der Waals surface area contributed by atoms with Gasteiger partial charge in [-0.15, -0.1) is 5.10 Å². The van der Waals surface area contributed by atoms with Gasteiger partial charge < -0.3 is 5.32 Å². The van der Waals surface area contributed by atoms with Gasteiger partial charge in [-0.05, 0) is 49.4 Å². The molecule has 1 aliphatic heterocycles. The van der Waals surface area contributed by atoms with Gasteiger partial charge in [0.2, 0.25) is 0 Å². The topological polar surface area (TPSA) is 68.0 Å². The van der Waals surface area contributed by atoms with Gasteiger partial charge in [0.05, 0.1) is 17.8 Å². The summed E-state index contributed by atoms with van der Waals surface area (Å²) in [7, 11) is 0. The first-order chi connectivity index (χ1) is 12.9. The van der Waals surface area contributed by atoms with E-state index in [1.165, 1.54) is 0 Å². The molecule has 2 heterocycles. The molecule has 0 fully saturated rings. The van der Waals surface area contributed by atoms with Crippen LogP contribution in [0.1, 0.15) is 43.8 Å². The highest BCUT2D eigenvalue weighted by atomic mass is 35.5. The van der Waals surface area contributed by atoms with Crippen LogP contribution in [0.2, 0.25) is 5.02 Å². The van der Waals surface area contributed by atoms with Crippen LogP contribution >= 0.6 is 11.6 Å². The minimum absolute atomic E-state index is 0.139. The van der Waals surface area contributed by atoms with Crippen molar-refractivity contribution in [2.45, 2.75) is 32.4 Å². The van der Waals surface area contributed by atoms with Crippen LogP contribution in [0.3, 0.4) is 0 Å². The number of aliphatic imine (C=N–C) groups is 1. The van der Waals surface area contributed by atoms with Gasteiger partial charge >= 0.3 is 0 Å². The van der Waals surface area contributed by atoms with Crippen molar-refractivity contribution in [3.8, 4) is 0 Å². The maximum absolute atomic E-state index is 6.28. The van der Waals surface area contributed by atoms with Gasteiger partial charge in [0.1, 0.15) is 6.04 Å². The molecule has 0 radical (unpaired) electrons. The Morgan fingerprint density at radius 1 is 1.11 bits per heavy atom. The lowest BCUT2D eigenvalue weighted by Crippen LogP contribution is -2.29. The number of fused-ring (bicyclic) bond motifs is 1. The summed E-state index contributed by atoms with van der Waals surface area (Å²) in [5.74, 6) is 0.765. The fraction of sp³-hybridized carbons (Fsp3) is 0.300. The number of halogens is 1. The number of benzene rings is 2. The Morgan fingerprint density at radius 2 is 1.89 bits per heavy atom. The zero-order valence-electron chi connectivity index (χ0n) is 15.5. The van der Waals surface area contributed by atoms with Crippen LogP contribution in [0.4, 0.5) is 5.69 Å². The normalized spacial score (nSPS) is 16.9. The third-order valence-corrected chi connectivity index (χ3v) is 4.72. The highest BCUT2D eigenvalue weighted by Crippen LogP contribution is 2.31. The van der Waals surface area contributed by atoms with Gasteiger partial charge in [0, 0.05) is 21.8 Å². The molecule has 0 bridgehead atoms. The molecule has 0 saturated heterocycles. The zero-order chi connectivity index (χ0) is 19.0. The lowest BCUT2D eigenvalue weighted by Gasteiger charge is -2.24. The molecule has 138 valence electrons. The number of aromatic nitrogens is 4. The molecule has 1 unspecified atom stereocenters. The van der Waals surface area contributed by atoms with Crippen LogP contribution in [0.25, 0.3) is 0 Å². The highest BCUT2D eigenvalue weighted by molar-refractivity contribution is 6.31. The van der Waals surface area contributed by atoms with Gasteiger partial charge in [-0.2, -0.15) is 0 Å². The Labute approximate surface area is 163 Å². The summed E-state index contributed by atoms with van der Waals surface area (Å²) >= 11 is 6.28. The quantitative estimate of drug-likeness (QED) is 0.727. The fourth-order valence-corrected chi connectivity index (χ4v) is 3.39. The molecule has 7 heteroatoms. The molecule has 27 heavy (non-hydrogen) atoms. The molecule has 1 atom stereocenters. The summed E-state index contributed by atoms with van der Waals surface area (Å²) in [4.78, 5) is 4.92. The second-order valence-corrected chi connectivity index (χ2v) is 8.00. The van der Waals surface area contributed by atoms with Crippen LogP contribution in [0, 0.1) is 0 Å². The predicted octanol–water partition coefficient (Wildman–Crippen LogP) is 4.09. The van der Waals surface area contributed by atoms with E-state index in [4.69, 9.17) is 16.6 Å². The summed E-state index contributed by atoms with van der Waals surface area (Å²) in [5, 5.41) is 16.6. The third-order valence-electron chi connectivity index (χ3n) is 4.49. The van der Waals surface area contributed by atoms with Gasteiger partial charge in [-0.25, -0.2) is 4.68 Å². The maximum atomic E-state index is 6.28. The summed E-state index contributed by atoms with van der Waals surface area (Å²) in [6, 6.07) is 15.8. The first-order valence-electron chi connectivity index (χ1n) is 8.88. The maximum Gasteiger partial charge on any atom is 0.176 e. The number of tetrazole rings is 1. The Hall–Kier alpha value is -2.73. The van der Waals surface area contributed by atoms with Crippen LogP contribution in [0.15, 0.2) is 53.5 Å². The number of rotatable bonds is 2. The summed E-state index contributed by atoms with van der Waals surface area (Å²) in [6.45, 7) is 6.76. The molecule has 1 aliphatic rings. The van der Waals surface area contributed by atoms with Gasteiger partial charge in [-0.3, -0.25) is 4.99 Å². The second kappa shape index (κ2) is 6.78. The lowest BCUT2D eigenvalue weighted by atomic mass is 10.0. The van der Waals surface area contributed by atoms with E-state index in [9.17, 15) is 0 Å². The summed E-state index contributed by atoms with van der Waals surface area (Å²) in [6.07, 6.45) is 0. The van der Waals surface area contributed by atoms with E-state index in [-0.39, 0.29) is 11.6 Å². The van der Waals surface area contributed by atoms with E-state index in [2.05, 4.69) is 53.7 Å². The molecular formula is C20H21ClN6. The first-order valence-corrected chi connectivity index (χ1v) is 9.26. The smallest absolute Gasteiger partial charge is 0.176 e. The van der Waals surface area contributed by atoms with Crippen LogP contribution in [0.5, 0.6) is 0 Å². The van der Waals surface area contributed by atoms with Crippen LogP contribution < -0.4 is 5.32 Å². The van der Waals surface area contributed by atoms with Crippen molar-refractivity contribution in [2.24, 2.45) is 4.99 Å². The molecule has 0 saturated carbocycles. The van der Waals surface area contributed by atoms with E-state index in [0.717, 1.165) is 28.4 Å². The van der Waals surface area contributed by atoms with Crippen molar-refractivity contribution in [1.82, 2.24) is 20.2 Å². The molecule has 1 N–H and O–H groups in total. The van der Waals surface area contributed by atoms with Crippen molar-refractivity contribution in [3.05, 3.63) is 70.5 Å². The number of nitrogens with zero attached hydrogens (tertiary/aromatic N) is 5. The Balaban J connectivity index is 1.82. The van der Waals surface area contributed by atoms with Crippen LogP contribution in [-0.2, 0) is 5.54 Å². The minimum Gasteiger partial charge on any atom is -0.373 e. The zero-order valence-corrected chi connectivity index (χ0v) is 16.3. The highest BCUT2D eigenvalue weighted by Gasteiger charge is 2.28. The van der Waals surface area contributed by atoms with E-state index in [1.807, 2.05) is 41.1 Å². The van der Waals surface area contributed by atoms with Crippen molar-refractivity contribution in [3.63, 3.8) is 0 Å². The van der Waals surface area contributed by atoms with E-state index < -0.39 is 0 Å². The van der Waals surface area contributed by atoms with Crippen molar-refractivity contribution >= 4 is 23.0 Å². The Morgan fingerprint density at radius 3 is 2.63 bits per heavy atom. The van der Waals surface area contributed by atoms with Crippen molar-refractivity contribution < 1.29 is 0 Å². The molecule has 0 spiro atoms. The molecule has 0 amide bonds. The van der Waals surface area contributed by atoms with Crippen molar-refractivity contribution in [2.75, 3.05) is 11.9 Å². The van der Waals surface area contributed by atoms with Crippen molar-refractivity contribution in [1.29, 1.82) is 0 Å². The standard InChI is InChI=1S/C20H21ClN6/c1-20(2,3)27-19(24-25-26-27)17-12-22-18(13-7-5-4-6-8-13)15-11-14(21)9-10-16(15)23-17/h4-11,17,23H,12H2,1-3H3. The number of hydrogen-bond donors (Lipinski definition) is 1. The SMILES string of the molecule is CC(C)(C)n1nnnc1C1CN=C(c2ccccc2)c2cc(Cl)ccc2N1. The lowest BCUT2D eigenvalue weighted by molar-refractivity contribution is 0.330. The molecular weight excluding hydrogens is 360 g/mol. The number of hydrogen-bond acceptors (Lipinski definition) is 5. The monoisotopic (exact) mass is 380 g/mol. The average Bonchev–Trinajstić information content (AvgIpc) is 3.06. The van der Waals surface area contributed by atoms with E-state index in [0.29, 0.717) is 11.6 Å². The second-order valence-electron chi connectivity index (χ2n) is 7.56. The molecule has 3 aromatic rings. The van der Waals surface area contributed by atoms with E-state index >= 15 is 0 Å². The molecule has 0 aliphatic carbocycles. The Bertz CT molecular complexity index is 987. The largest absolute Gasteiger partial charge is 0.373 e. The Kier molecular flexibility index (Phi) is 4.44. The molecule has 6 nitrogen and oxygen atoms in total. The molecule has 4 rings (SSSR count). The van der Waals surface area contributed by atoms with Crippen LogP contribution in [-0.4, -0.2) is 32.5 Å². The molecule has 2 aromatic carbocycles. The number of anilines is 1. The fourth-order valence-electron chi connectivity index (χ4n) is 3.22. The van der Waals surface area contributed by atoms with Gasteiger partial charge in [-0.1, -0.05) is 41.9 Å². The summed E-state index contributed by atoms with van der Waals surface area (Å²) < 4.78 is 1.85. The molecule has 1 aromatic heterocycles. The first kappa shape index (κ1) is 17.7. The predicted molar refractivity (Wildman–Crippen MR) is 108 cm³/mol. The number of nitrogens with one attached hydrogen (secondary N) is 1. The van der Waals surface area contributed by atoms with Gasteiger partial charge in [0.15, 0.2) is 5.82 Å². The average molecular weight is 381 g/mol. The van der Waals surface area contributed by atoms with Gasteiger partial charge in [0.25, 0.3) is 0 Å². The van der Waals surface area contributed by atoms with E-state index in [1.54, 1.807) is 0 Å². The minimum atomic E-state index is -0.221. The number of benzodiazepines with no additional fused rings is 1. The third kappa shape index (κ3) is 3.45. The summed E-state index contributed by atoms with van der Waals surface area (Å²) in [5.41, 5.74) is 3.69.